The van der Waals surface area contributed by atoms with Gasteiger partial charge in [-0.2, -0.15) is 0 Å². The van der Waals surface area contributed by atoms with Crippen LogP contribution in [0, 0.1) is 0 Å². The molecule has 0 fully saturated rings. The van der Waals surface area contributed by atoms with Crippen LogP contribution in [0.4, 0.5) is 0 Å². The van der Waals surface area contributed by atoms with E-state index >= 15 is 0 Å². The van der Waals surface area contributed by atoms with Crippen molar-refractivity contribution in [2.24, 2.45) is 0 Å². The van der Waals surface area contributed by atoms with Crippen molar-refractivity contribution in [2.75, 3.05) is 0 Å². The Morgan fingerprint density at radius 2 is 1.85 bits per heavy atom. The van der Waals surface area contributed by atoms with Crippen molar-refractivity contribution in [3.63, 3.8) is 0 Å². The first-order valence-corrected chi connectivity index (χ1v) is 5.26. The minimum atomic E-state index is -2.89. The van der Waals surface area contributed by atoms with Crippen LogP contribution in [0.25, 0.3) is 0 Å². The van der Waals surface area contributed by atoms with E-state index < -0.39 is 13.9 Å². The van der Waals surface area contributed by atoms with Crippen LogP contribution in [-0.2, 0) is 14.7 Å². The van der Waals surface area contributed by atoms with Crippen molar-refractivity contribution in [1.29, 1.82) is 0 Å². The fourth-order valence-corrected chi connectivity index (χ4v) is 1.67. The Bertz CT molecular complexity index is 295. The predicted molar refractivity (Wildman–Crippen MR) is 51.8 cm³/mol. The summed E-state index contributed by atoms with van der Waals surface area (Å²) in [7, 11) is -2.89. The molecule has 13 heavy (non-hydrogen) atoms. The van der Waals surface area contributed by atoms with Crippen LogP contribution >= 0.6 is 8.25 Å². The summed E-state index contributed by atoms with van der Waals surface area (Å²) in [5, 5.41) is 0. The Kier molecular flexibility index (Phi) is 3.26. The third kappa shape index (κ3) is 2.96. The second kappa shape index (κ2) is 4.05. The van der Waals surface area contributed by atoms with Gasteiger partial charge in [-0.25, -0.2) is 0 Å². The summed E-state index contributed by atoms with van der Waals surface area (Å²) in [6, 6.07) is 9.36. The van der Waals surface area contributed by atoms with Gasteiger partial charge in [0.05, 0.1) is 5.60 Å². The maximum Gasteiger partial charge on any atom is 0.317 e. The Hall–Kier alpha value is -0.630. The fraction of sp³-hybridized carbons (Fsp3) is 0.333. The van der Waals surface area contributed by atoms with Gasteiger partial charge in [0.2, 0.25) is 0 Å². The van der Waals surface area contributed by atoms with Gasteiger partial charge in [0.25, 0.3) is 0 Å². The lowest BCUT2D eigenvalue weighted by molar-refractivity contribution is 0.102. The van der Waals surface area contributed by atoms with Gasteiger partial charge in [0, 0.05) is 0 Å². The summed E-state index contributed by atoms with van der Waals surface area (Å²) < 4.78 is 15.5. The van der Waals surface area contributed by atoms with E-state index in [0.29, 0.717) is 0 Å². The van der Waals surface area contributed by atoms with Crippen molar-refractivity contribution in [2.45, 2.75) is 19.4 Å². The largest absolute Gasteiger partial charge is 0.326 e. The Balaban J connectivity index is 2.87. The highest BCUT2D eigenvalue weighted by atomic mass is 31.1. The molecule has 1 aromatic rings. The van der Waals surface area contributed by atoms with Gasteiger partial charge >= 0.3 is 8.25 Å². The first-order valence-electron chi connectivity index (χ1n) is 4.00. The second-order valence-corrected chi connectivity index (χ2v) is 3.98. The quantitative estimate of drug-likeness (QED) is 0.761. The molecule has 1 unspecified atom stereocenters. The van der Waals surface area contributed by atoms with E-state index in [-0.39, 0.29) is 0 Å². The van der Waals surface area contributed by atoms with E-state index in [9.17, 15) is 4.57 Å². The molecule has 0 saturated carbocycles. The molecule has 1 aromatic carbocycles. The normalized spacial score (nSPS) is 14.1. The third-order valence-electron chi connectivity index (χ3n) is 1.81. The van der Waals surface area contributed by atoms with Gasteiger partial charge in [-0.3, -0.25) is 9.09 Å². The lowest BCUT2D eigenvalue weighted by Crippen LogP contribution is -2.17. The highest BCUT2D eigenvalue weighted by Crippen LogP contribution is 2.33. The molecule has 0 amide bonds. The zero-order valence-corrected chi connectivity index (χ0v) is 8.65. The van der Waals surface area contributed by atoms with Gasteiger partial charge in [0.1, 0.15) is 0 Å². The van der Waals surface area contributed by atoms with Crippen LogP contribution in [0.15, 0.2) is 30.3 Å². The molecule has 1 N–H and O–H groups in total. The third-order valence-corrected chi connectivity index (χ3v) is 2.50. The molecule has 0 heterocycles. The number of rotatable bonds is 3. The molecule has 1 atom stereocenters. The molecule has 0 spiro atoms. The molecular weight excluding hydrogens is 187 g/mol. The van der Waals surface area contributed by atoms with Crippen molar-refractivity contribution < 1.29 is 14.0 Å². The molecule has 72 valence electrons. The van der Waals surface area contributed by atoms with Gasteiger partial charge in [0.15, 0.2) is 0 Å². The molecule has 0 aliphatic rings. The van der Waals surface area contributed by atoms with Crippen LogP contribution in [0.1, 0.15) is 19.4 Å². The van der Waals surface area contributed by atoms with Crippen LogP contribution in [0.3, 0.4) is 0 Å². The minimum absolute atomic E-state index is 0.702. The van der Waals surface area contributed by atoms with E-state index in [1.807, 2.05) is 30.3 Å². The average Bonchev–Trinajstić information content (AvgIpc) is 2.04. The van der Waals surface area contributed by atoms with E-state index in [2.05, 4.69) is 0 Å². The monoisotopic (exact) mass is 200 g/mol. The van der Waals surface area contributed by atoms with E-state index in [0.717, 1.165) is 5.56 Å². The lowest BCUT2D eigenvalue weighted by atomic mass is 9.99. The average molecular weight is 200 g/mol. The summed E-state index contributed by atoms with van der Waals surface area (Å²) in [5.74, 6) is 0. The topological polar surface area (TPSA) is 46.5 Å². The van der Waals surface area contributed by atoms with Gasteiger partial charge in [-0.1, -0.05) is 30.3 Å². The van der Waals surface area contributed by atoms with Crippen LogP contribution in [0.2, 0.25) is 0 Å². The SMILES string of the molecule is CC(C)(O[PH](=O)O)c1ccccc1. The lowest BCUT2D eigenvalue weighted by Gasteiger charge is -2.23. The Morgan fingerprint density at radius 3 is 2.31 bits per heavy atom. The predicted octanol–water partition coefficient (Wildman–Crippen LogP) is 2.32. The summed E-state index contributed by atoms with van der Waals surface area (Å²) in [6.45, 7) is 3.53. The maximum atomic E-state index is 10.6. The summed E-state index contributed by atoms with van der Waals surface area (Å²) in [6.07, 6.45) is 0. The van der Waals surface area contributed by atoms with Crippen molar-refractivity contribution in [3.8, 4) is 0 Å². The first kappa shape index (κ1) is 10.5. The number of hydrogen-bond donors (Lipinski definition) is 1. The zero-order valence-electron chi connectivity index (χ0n) is 7.65. The van der Waals surface area contributed by atoms with Crippen molar-refractivity contribution >= 4 is 8.25 Å². The van der Waals surface area contributed by atoms with Crippen molar-refractivity contribution in [1.82, 2.24) is 0 Å². The molecule has 4 heteroatoms. The van der Waals surface area contributed by atoms with Crippen LogP contribution < -0.4 is 0 Å². The van der Waals surface area contributed by atoms with E-state index in [4.69, 9.17) is 9.42 Å². The van der Waals surface area contributed by atoms with Gasteiger partial charge in [-0.05, 0) is 19.4 Å². The fourth-order valence-electron chi connectivity index (χ4n) is 1.12. The molecule has 0 bridgehead atoms. The molecular formula is C9H13O3P. The minimum Gasteiger partial charge on any atom is -0.326 e. The van der Waals surface area contributed by atoms with Gasteiger partial charge < -0.3 is 4.89 Å². The molecule has 0 aromatic heterocycles. The smallest absolute Gasteiger partial charge is 0.317 e. The summed E-state index contributed by atoms with van der Waals surface area (Å²) in [4.78, 5) is 8.67. The van der Waals surface area contributed by atoms with Crippen molar-refractivity contribution in [3.05, 3.63) is 35.9 Å². The second-order valence-electron chi connectivity index (χ2n) is 3.24. The number of hydrogen-bond acceptors (Lipinski definition) is 2. The molecule has 0 radical (unpaired) electrons. The maximum absolute atomic E-state index is 10.6. The highest BCUT2D eigenvalue weighted by Gasteiger charge is 2.22. The standard InChI is InChI=1S/C9H13O3P/c1-9(2,12-13(10)11)8-6-4-3-5-7-8/h3-7,13H,1-2H3,(H,10,11). The molecule has 1 rings (SSSR count). The van der Waals surface area contributed by atoms with Crippen LogP contribution in [0.5, 0.6) is 0 Å². The van der Waals surface area contributed by atoms with Gasteiger partial charge in [-0.15, -0.1) is 0 Å². The summed E-state index contributed by atoms with van der Waals surface area (Å²) >= 11 is 0. The highest BCUT2D eigenvalue weighted by molar-refractivity contribution is 7.32. The molecule has 0 saturated heterocycles. The van der Waals surface area contributed by atoms with E-state index in [1.165, 1.54) is 0 Å². The molecule has 3 nitrogen and oxygen atoms in total. The van der Waals surface area contributed by atoms with Crippen LogP contribution in [-0.4, -0.2) is 4.89 Å². The molecule has 0 aliphatic heterocycles. The first-order chi connectivity index (χ1) is 6.02. The number of benzene rings is 1. The van der Waals surface area contributed by atoms with E-state index in [1.54, 1.807) is 13.8 Å². The molecule has 0 aliphatic carbocycles. The Morgan fingerprint density at radius 1 is 1.31 bits per heavy atom. The Labute approximate surface area is 78.3 Å². The zero-order chi connectivity index (χ0) is 9.90. The summed E-state index contributed by atoms with van der Waals surface area (Å²) in [5.41, 5.74) is 0.189.